The summed E-state index contributed by atoms with van der Waals surface area (Å²) in [5.41, 5.74) is 1.17. The van der Waals surface area contributed by atoms with Gasteiger partial charge in [0.1, 0.15) is 0 Å². The molecule has 4 heteroatoms. The Morgan fingerprint density at radius 3 is 2.43 bits per heavy atom. The van der Waals surface area contributed by atoms with Crippen molar-refractivity contribution in [3.05, 3.63) is 34.9 Å². The second-order valence-electron chi connectivity index (χ2n) is 6.54. The molecule has 1 atom stereocenters. The number of halogens is 1. The molecule has 1 aromatic rings. The van der Waals surface area contributed by atoms with E-state index in [0.29, 0.717) is 17.0 Å². The third-order valence-corrected chi connectivity index (χ3v) is 5.19. The van der Waals surface area contributed by atoms with Gasteiger partial charge in [-0.3, -0.25) is 0 Å². The molecule has 1 aliphatic rings. The van der Waals surface area contributed by atoms with E-state index in [2.05, 4.69) is 30.9 Å². The van der Waals surface area contributed by atoms with E-state index in [-0.39, 0.29) is 0 Å². The highest BCUT2D eigenvalue weighted by Gasteiger charge is 2.39. The van der Waals surface area contributed by atoms with Gasteiger partial charge in [-0.25, -0.2) is 0 Å². The van der Waals surface area contributed by atoms with Crippen LogP contribution in [0.15, 0.2) is 24.3 Å². The molecule has 0 heterocycles. The van der Waals surface area contributed by atoms with E-state index in [0.717, 1.165) is 18.7 Å². The minimum atomic E-state index is -0.488. The van der Waals surface area contributed by atoms with E-state index in [9.17, 15) is 5.11 Å². The second kappa shape index (κ2) is 7.10. The van der Waals surface area contributed by atoms with Gasteiger partial charge in [-0.15, -0.1) is 0 Å². The number of benzene rings is 1. The molecule has 1 N–H and O–H groups in total. The summed E-state index contributed by atoms with van der Waals surface area (Å²) in [7, 11) is 6.49. The van der Waals surface area contributed by atoms with E-state index in [1.807, 2.05) is 24.3 Å². The van der Waals surface area contributed by atoms with Gasteiger partial charge >= 0.3 is 0 Å². The van der Waals surface area contributed by atoms with Crippen molar-refractivity contribution >= 4 is 11.6 Å². The molecule has 0 aliphatic heterocycles. The maximum atomic E-state index is 10.3. The van der Waals surface area contributed by atoms with E-state index in [1.165, 1.54) is 19.3 Å². The van der Waals surface area contributed by atoms with Crippen LogP contribution in [0.1, 0.15) is 37.4 Å². The molecule has 0 spiro atoms. The number of hydrogen-bond donors (Lipinski definition) is 1. The fourth-order valence-corrected chi connectivity index (χ4v) is 3.42. The summed E-state index contributed by atoms with van der Waals surface area (Å²) in [6.45, 7) is 1.94. The van der Waals surface area contributed by atoms with Crippen LogP contribution in [0.5, 0.6) is 0 Å². The van der Waals surface area contributed by atoms with E-state index >= 15 is 0 Å². The Kier molecular flexibility index (Phi) is 5.67. The summed E-state index contributed by atoms with van der Waals surface area (Å²) in [5, 5.41) is 11.0. The Morgan fingerprint density at radius 1 is 1.24 bits per heavy atom. The SMILES string of the molecule is CN(CCC(O)c1ccccc1Cl)CC1(N(C)C)CCC1. The first-order valence-corrected chi connectivity index (χ1v) is 8.11. The zero-order valence-corrected chi connectivity index (χ0v) is 14.1. The molecule has 0 aromatic heterocycles. The normalized spacial score (nSPS) is 18.8. The number of hydrogen-bond acceptors (Lipinski definition) is 3. The van der Waals surface area contributed by atoms with Gasteiger partial charge in [-0.05, 0) is 58.5 Å². The summed E-state index contributed by atoms with van der Waals surface area (Å²) in [4.78, 5) is 4.69. The molecule has 1 aromatic carbocycles. The van der Waals surface area contributed by atoms with Gasteiger partial charge in [0.15, 0.2) is 0 Å². The summed E-state index contributed by atoms with van der Waals surface area (Å²) >= 11 is 6.13. The highest BCUT2D eigenvalue weighted by Crippen LogP contribution is 2.36. The predicted molar refractivity (Wildman–Crippen MR) is 88.8 cm³/mol. The molecule has 0 bridgehead atoms. The van der Waals surface area contributed by atoms with Crippen molar-refractivity contribution in [2.24, 2.45) is 0 Å². The quantitative estimate of drug-likeness (QED) is 0.838. The maximum absolute atomic E-state index is 10.3. The molecular weight excluding hydrogens is 284 g/mol. The molecule has 1 unspecified atom stereocenters. The lowest BCUT2D eigenvalue weighted by Crippen LogP contribution is -2.56. The number of nitrogens with zero attached hydrogens (tertiary/aromatic N) is 2. The van der Waals surface area contributed by atoms with Crippen LogP contribution in [0.25, 0.3) is 0 Å². The van der Waals surface area contributed by atoms with E-state index in [4.69, 9.17) is 11.6 Å². The van der Waals surface area contributed by atoms with Crippen LogP contribution in [0.3, 0.4) is 0 Å². The molecule has 0 saturated heterocycles. The number of rotatable bonds is 7. The Labute approximate surface area is 133 Å². The van der Waals surface area contributed by atoms with Crippen molar-refractivity contribution in [2.75, 3.05) is 34.2 Å². The minimum absolute atomic E-state index is 0.337. The summed E-state index contributed by atoms with van der Waals surface area (Å²) in [6.07, 6.45) is 4.10. The van der Waals surface area contributed by atoms with Crippen LogP contribution >= 0.6 is 11.6 Å². The fourth-order valence-electron chi connectivity index (χ4n) is 3.16. The lowest BCUT2D eigenvalue weighted by molar-refractivity contribution is 0.0239. The third kappa shape index (κ3) is 3.98. The topological polar surface area (TPSA) is 26.7 Å². The molecule has 21 heavy (non-hydrogen) atoms. The summed E-state index contributed by atoms with van der Waals surface area (Å²) < 4.78 is 0. The zero-order valence-electron chi connectivity index (χ0n) is 13.3. The maximum Gasteiger partial charge on any atom is 0.0816 e. The standard InChI is InChI=1S/C17H27ClN2O/c1-19(2)17(10-6-11-17)13-20(3)12-9-16(21)14-7-4-5-8-15(14)18/h4-5,7-8,16,21H,6,9-13H2,1-3H3. The Hall–Kier alpha value is -0.610. The van der Waals surface area contributed by atoms with E-state index in [1.54, 1.807) is 0 Å². The lowest BCUT2D eigenvalue weighted by Gasteiger charge is -2.49. The van der Waals surface area contributed by atoms with Crippen molar-refractivity contribution in [2.45, 2.75) is 37.3 Å². The molecular formula is C17H27ClN2O. The van der Waals surface area contributed by atoms with Gasteiger partial charge in [0.25, 0.3) is 0 Å². The van der Waals surface area contributed by atoms with E-state index < -0.39 is 6.10 Å². The molecule has 1 saturated carbocycles. The van der Waals surface area contributed by atoms with Crippen LogP contribution in [-0.4, -0.2) is 54.7 Å². The van der Waals surface area contributed by atoms with Crippen LogP contribution in [-0.2, 0) is 0 Å². The molecule has 2 rings (SSSR count). The van der Waals surface area contributed by atoms with Crippen molar-refractivity contribution in [3.63, 3.8) is 0 Å². The van der Waals surface area contributed by atoms with Crippen LogP contribution in [0.4, 0.5) is 0 Å². The molecule has 3 nitrogen and oxygen atoms in total. The van der Waals surface area contributed by atoms with Gasteiger partial charge < -0.3 is 14.9 Å². The number of aliphatic hydroxyl groups is 1. The van der Waals surface area contributed by atoms with Gasteiger partial charge in [-0.1, -0.05) is 29.8 Å². The largest absolute Gasteiger partial charge is 0.388 e. The monoisotopic (exact) mass is 310 g/mol. The van der Waals surface area contributed by atoms with Crippen molar-refractivity contribution in [1.82, 2.24) is 9.80 Å². The highest BCUT2D eigenvalue weighted by molar-refractivity contribution is 6.31. The second-order valence-corrected chi connectivity index (χ2v) is 6.94. The first-order chi connectivity index (χ1) is 9.94. The number of likely N-dealkylation sites (N-methyl/N-ethyl adjacent to an activating group) is 2. The predicted octanol–water partition coefficient (Wildman–Crippen LogP) is 3.18. The first-order valence-electron chi connectivity index (χ1n) is 7.73. The smallest absolute Gasteiger partial charge is 0.0816 e. The summed E-state index contributed by atoms with van der Waals surface area (Å²) in [6, 6.07) is 7.55. The average Bonchev–Trinajstić information content (AvgIpc) is 2.40. The average molecular weight is 311 g/mol. The Balaban J connectivity index is 1.84. The third-order valence-electron chi connectivity index (χ3n) is 4.85. The van der Waals surface area contributed by atoms with Crippen molar-refractivity contribution in [3.8, 4) is 0 Å². The van der Waals surface area contributed by atoms with Gasteiger partial charge in [-0.2, -0.15) is 0 Å². The Morgan fingerprint density at radius 2 is 1.90 bits per heavy atom. The minimum Gasteiger partial charge on any atom is -0.388 e. The molecule has 118 valence electrons. The molecule has 1 aliphatic carbocycles. The van der Waals surface area contributed by atoms with Crippen LogP contribution < -0.4 is 0 Å². The van der Waals surface area contributed by atoms with Crippen LogP contribution in [0.2, 0.25) is 5.02 Å². The van der Waals surface area contributed by atoms with Crippen LogP contribution in [0, 0.1) is 0 Å². The Bertz CT molecular complexity index is 460. The molecule has 1 fully saturated rings. The molecule has 0 radical (unpaired) electrons. The first kappa shape index (κ1) is 16.8. The lowest BCUT2D eigenvalue weighted by atomic mass is 9.75. The highest BCUT2D eigenvalue weighted by atomic mass is 35.5. The number of aliphatic hydroxyl groups excluding tert-OH is 1. The molecule has 0 amide bonds. The van der Waals surface area contributed by atoms with Crippen molar-refractivity contribution < 1.29 is 5.11 Å². The summed E-state index contributed by atoms with van der Waals surface area (Å²) in [5.74, 6) is 0. The fraction of sp³-hybridized carbons (Fsp3) is 0.647. The zero-order chi connectivity index (χ0) is 15.5. The van der Waals surface area contributed by atoms with Crippen molar-refractivity contribution in [1.29, 1.82) is 0 Å². The van der Waals surface area contributed by atoms with Gasteiger partial charge in [0.2, 0.25) is 0 Å². The van der Waals surface area contributed by atoms with Gasteiger partial charge in [0.05, 0.1) is 6.10 Å². The van der Waals surface area contributed by atoms with Gasteiger partial charge in [0, 0.05) is 23.7 Å².